The standard InChI is InChI=1S/C12H16N2O2/c1-7(2)14-10-6-9(13)4-5-11(10)16-8(3)12(14)15/h4-8H,13H2,1-3H3. The van der Waals surface area contributed by atoms with Crippen molar-refractivity contribution in [2.75, 3.05) is 10.6 Å². The van der Waals surface area contributed by atoms with Gasteiger partial charge in [0.2, 0.25) is 0 Å². The van der Waals surface area contributed by atoms with Crippen molar-refractivity contribution in [1.82, 2.24) is 0 Å². The van der Waals surface area contributed by atoms with Crippen LogP contribution in [0.3, 0.4) is 0 Å². The Morgan fingerprint density at radius 2 is 2.12 bits per heavy atom. The van der Waals surface area contributed by atoms with Crippen molar-refractivity contribution in [3.05, 3.63) is 18.2 Å². The number of hydrogen-bond acceptors (Lipinski definition) is 3. The molecule has 2 rings (SSSR count). The Labute approximate surface area is 95.0 Å². The Balaban J connectivity index is 2.53. The summed E-state index contributed by atoms with van der Waals surface area (Å²) in [6.07, 6.45) is -0.432. The van der Waals surface area contributed by atoms with Crippen LogP contribution in [0, 0.1) is 0 Å². The second-order valence-corrected chi connectivity index (χ2v) is 4.29. The minimum absolute atomic E-state index is 0.0203. The fourth-order valence-corrected chi connectivity index (χ4v) is 1.91. The maximum atomic E-state index is 12.0. The molecule has 16 heavy (non-hydrogen) atoms. The van der Waals surface area contributed by atoms with Crippen LogP contribution in [0.15, 0.2) is 18.2 Å². The molecule has 4 nitrogen and oxygen atoms in total. The van der Waals surface area contributed by atoms with Crippen LogP contribution in [0.2, 0.25) is 0 Å². The first-order valence-corrected chi connectivity index (χ1v) is 5.40. The molecule has 0 radical (unpaired) electrons. The van der Waals surface area contributed by atoms with Crippen LogP contribution >= 0.6 is 0 Å². The third-order valence-corrected chi connectivity index (χ3v) is 2.65. The normalized spacial score (nSPS) is 19.6. The molecule has 0 aromatic heterocycles. The van der Waals surface area contributed by atoms with E-state index in [-0.39, 0.29) is 11.9 Å². The van der Waals surface area contributed by atoms with Gasteiger partial charge in [0.25, 0.3) is 5.91 Å². The number of ether oxygens (including phenoxy) is 1. The van der Waals surface area contributed by atoms with Gasteiger partial charge in [-0.1, -0.05) is 0 Å². The number of nitrogens with zero attached hydrogens (tertiary/aromatic N) is 1. The average Bonchev–Trinajstić information content (AvgIpc) is 2.20. The van der Waals surface area contributed by atoms with E-state index in [0.29, 0.717) is 5.69 Å². The predicted molar refractivity (Wildman–Crippen MR) is 63.6 cm³/mol. The second kappa shape index (κ2) is 3.70. The highest BCUT2D eigenvalue weighted by atomic mass is 16.5. The highest BCUT2D eigenvalue weighted by Crippen LogP contribution is 2.36. The smallest absolute Gasteiger partial charge is 0.268 e. The molecule has 0 saturated heterocycles. The minimum atomic E-state index is -0.432. The number of anilines is 2. The van der Waals surface area contributed by atoms with Gasteiger partial charge in [-0.05, 0) is 39.0 Å². The zero-order valence-electron chi connectivity index (χ0n) is 9.73. The van der Waals surface area contributed by atoms with E-state index >= 15 is 0 Å². The number of nitrogens with two attached hydrogens (primary N) is 1. The number of benzene rings is 1. The summed E-state index contributed by atoms with van der Waals surface area (Å²) in [5.41, 5.74) is 7.13. The van der Waals surface area contributed by atoms with Gasteiger partial charge >= 0.3 is 0 Å². The highest BCUT2D eigenvalue weighted by molar-refractivity contribution is 6.00. The van der Waals surface area contributed by atoms with Crippen molar-refractivity contribution in [2.24, 2.45) is 0 Å². The monoisotopic (exact) mass is 220 g/mol. The third-order valence-electron chi connectivity index (χ3n) is 2.65. The second-order valence-electron chi connectivity index (χ2n) is 4.29. The number of rotatable bonds is 1. The molecule has 4 heteroatoms. The summed E-state index contributed by atoms with van der Waals surface area (Å²) in [5.74, 6) is 0.697. The van der Waals surface area contributed by atoms with Crippen molar-refractivity contribution in [1.29, 1.82) is 0 Å². The molecule has 0 saturated carbocycles. The maximum absolute atomic E-state index is 12.0. The van der Waals surface area contributed by atoms with E-state index in [1.807, 2.05) is 19.9 Å². The lowest BCUT2D eigenvalue weighted by atomic mass is 10.1. The molecule has 1 aromatic carbocycles. The lowest BCUT2D eigenvalue weighted by Gasteiger charge is -2.35. The molecule has 0 fully saturated rings. The van der Waals surface area contributed by atoms with Gasteiger partial charge in [0.05, 0.1) is 5.69 Å². The van der Waals surface area contributed by atoms with Gasteiger partial charge in [-0.3, -0.25) is 4.79 Å². The molecule has 86 valence electrons. The van der Waals surface area contributed by atoms with Crippen LogP contribution < -0.4 is 15.4 Å². The lowest BCUT2D eigenvalue weighted by molar-refractivity contribution is -0.125. The van der Waals surface area contributed by atoms with E-state index in [2.05, 4.69) is 0 Å². The summed E-state index contributed by atoms with van der Waals surface area (Å²) in [6, 6.07) is 5.46. The van der Waals surface area contributed by atoms with E-state index in [1.165, 1.54) is 0 Å². The Morgan fingerprint density at radius 3 is 2.75 bits per heavy atom. The van der Waals surface area contributed by atoms with Crippen molar-refractivity contribution in [3.8, 4) is 5.75 Å². The van der Waals surface area contributed by atoms with E-state index in [9.17, 15) is 4.79 Å². The number of amides is 1. The van der Waals surface area contributed by atoms with E-state index < -0.39 is 6.10 Å². The SMILES string of the molecule is CC1Oc2ccc(N)cc2N(C(C)C)C1=O. The van der Waals surface area contributed by atoms with Crippen molar-refractivity contribution < 1.29 is 9.53 Å². The predicted octanol–water partition coefficient (Wildman–Crippen LogP) is 1.79. The van der Waals surface area contributed by atoms with Gasteiger partial charge in [-0.25, -0.2) is 0 Å². The molecule has 1 aliphatic heterocycles. The molecule has 0 bridgehead atoms. The van der Waals surface area contributed by atoms with Crippen molar-refractivity contribution >= 4 is 17.3 Å². The first-order valence-electron chi connectivity index (χ1n) is 5.40. The van der Waals surface area contributed by atoms with Gasteiger partial charge in [0.15, 0.2) is 6.10 Å². The van der Waals surface area contributed by atoms with Gasteiger partial charge in [-0.15, -0.1) is 0 Å². The van der Waals surface area contributed by atoms with Gasteiger partial charge in [0, 0.05) is 11.7 Å². The highest BCUT2D eigenvalue weighted by Gasteiger charge is 2.32. The van der Waals surface area contributed by atoms with Crippen LogP contribution in [-0.4, -0.2) is 18.1 Å². The molecule has 1 unspecified atom stereocenters. The van der Waals surface area contributed by atoms with Gasteiger partial charge < -0.3 is 15.4 Å². The summed E-state index contributed by atoms with van der Waals surface area (Å²) in [5, 5.41) is 0. The quantitative estimate of drug-likeness (QED) is 0.734. The molecule has 1 heterocycles. The Kier molecular flexibility index (Phi) is 2.50. The molecule has 1 amide bonds. The third kappa shape index (κ3) is 1.60. The molecule has 1 aliphatic rings. The van der Waals surface area contributed by atoms with Crippen LogP contribution in [-0.2, 0) is 4.79 Å². The number of carbonyl (C=O) groups is 1. The van der Waals surface area contributed by atoms with Crippen LogP contribution in [0.5, 0.6) is 5.75 Å². The molecule has 0 spiro atoms. The molecule has 1 atom stereocenters. The Morgan fingerprint density at radius 1 is 1.44 bits per heavy atom. The van der Waals surface area contributed by atoms with Crippen LogP contribution in [0.4, 0.5) is 11.4 Å². The minimum Gasteiger partial charge on any atom is -0.479 e. The number of nitrogen functional groups attached to an aromatic ring is 1. The molecule has 1 aromatic rings. The zero-order chi connectivity index (χ0) is 11.9. The maximum Gasteiger partial charge on any atom is 0.268 e. The summed E-state index contributed by atoms with van der Waals surface area (Å²) < 4.78 is 5.53. The largest absolute Gasteiger partial charge is 0.479 e. The number of carbonyl (C=O) groups excluding carboxylic acids is 1. The van der Waals surface area contributed by atoms with Gasteiger partial charge in [-0.2, -0.15) is 0 Å². The fraction of sp³-hybridized carbons (Fsp3) is 0.417. The molecule has 0 aliphatic carbocycles. The van der Waals surface area contributed by atoms with Crippen molar-refractivity contribution in [2.45, 2.75) is 32.9 Å². The number of fused-ring (bicyclic) bond motifs is 1. The zero-order valence-corrected chi connectivity index (χ0v) is 9.73. The summed E-state index contributed by atoms with van der Waals surface area (Å²) in [6.45, 7) is 5.71. The number of hydrogen-bond donors (Lipinski definition) is 1. The molecular formula is C12H16N2O2. The summed E-state index contributed by atoms with van der Waals surface area (Å²) in [7, 11) is 0. The molecular weight excluding hydrogens is 204 g/mol. The first-order chi connectivity index (χ1) is 7.50. The lowest BCUT2D eigenvalue weighted by Crippen LogP contribution is -2.47. The van der Waals surface area contributed by atoms with E-state index in [0.717, 1.165) is 11.4 Å². The van der Waals surface area contributed by atoms with E-state index in [4.69, 9.17) is 10.5 Å². The average molecular weight is 220 g/mol. The first kappa shape index (κ1) is 10.8. The van der Waals surface area contributed by atoms with Crippen LogP contribution in [0.1, 0.15) is 20.8 Å². The van der Waals surface area contributed by atoms with Crippen LogP contribution in [0.25, 0.3) is 0 Å². The summed E-state index contributed by atoms with van der Waals surface area (Å²) >= 11 is 0. The Bertz CT molecular complexity index is 429. The topological polar surface area (TPSA) is 55.6 Å². The molecule has 2 N–H and O–H groups in total. The van der Waals surface area contributed by atoms with Crippen molar-refractivity contribution in [3.63, 3.8) is 0 Å². The van der Waals surface area contributed by atoms with E-state index in [1.54, 1.807) is 24.0 Å². The fourth-order valence-electron chi connectivity index (χ4n) is 1.91. The Hall–Kier alpha value is -1.71. The summed E-state index contributed by atoms with van der Waals surface area (Å²) in [4.78, 5) is 13.7. The van der Waals surface area contributed by atoms with Gasteiger partial charge in [0.1, 0.15) is 5.75 Å².